The lowest BCUT2D eigenvalue weighted by molar-refractivity contribution is -0.133. The molecule has 0 saturated heterocycles. The molecule has 2 aromatic carbocycles. The van der Waals surface area contributed by atoms with Gasteiger partial charge in [-0.05, 0) is 37.1 Å². The molecule has 1 unspecified atom stereocenters. The summed E-state index contributed by atoms with van der Waals surface area (Å²) in [5.74, 6) is -0.690. The highest BCUT2D eigenvalue weighted by molar-refractivity contribution is 6.01. The molecule has 1 aliphatic heterocycles. The Labute approximate surface area is 203 Å². The SMILES string of the molecule is CCOC(=O)c1cc2n(n1)CC(C)(C(=O)NCc1ccccc1)N(Cc1cccc(OC)c1)C2=O. The second-order valence-corrected chi connectivity index (χ2v) is 8.48. The third-order valence-corrected chi connectivity index (χ3v) is 6.04. The number of methoxy groups -OCH3 is 1. The van der Waals surface area contributed by atoms with Crippen molar-refractivity contribution in [1.29, 1.82) is 0 Å². The van der Waals surface area contributed by atoms with Crippen LogP contribution in [0.3, 0.4) is 0 Å². The lowest BCUT2D eigenvalue weighted by atomic mass is 9.94. The molecule has 2 heterocycles. The van der Waals surface area contributed by atoms with Crippen molar-refractivity contribution in [2.24, 2.45) is 0 Å². The predicted octanol–water partition coefficient (Wildman–Crippen LogP) is 2.80. The van der Waals surface area contributed by atoms with E-state index in [9.17, 15) is 14.4 Å². The second-order valence-electron chi connectivity index (χ2n) is 8.48. The number of carbonyl (C=O) groups excluding carboxylic acids is 3. The van der Waals surface area contributed by atoms with Gasteiger partial charge >= 0.3 is 5.97 Å². The third kappa shape index (κ3) is 4.89. The molecule has 2 amide bonds. The molecule has 1 aromatic heterocycles. The molecule has 0 saturated carbocycles. The lowest BCUT2D eigenvalue weighted by Gasteiger charge is -2.43. The van der Waals surface area contributed by atoms with E-state index in [0.717, 1.165) is 11.1 Å². The first-order chi connectivity index (χ1) is 16.9. The van der Waals surface area contributed by atoms with Gasteiger partial charge in [-0.2, -0.15) is 5.10 Å². The van der Waals surface area contributed by atoms with Crippen molar-refractivity contribution >= 4 is 17.8 Å². The van der Waals surface area contributed by atoms with E-state index in [1.165, 1.54) is 15.6 Å². The molecule has 0 bridgehead atoms. The molecule has 3 aromatic rings. The van der Waals surface area contributed by atoms with E-state index in [0.29, 0.717) is 12.3 Å². The fourth-order valence-electron chi connectivity index (χ4n) is 4.12. The summed E-state index contributed by atoms with van der Waals surface area (Å²) in [5.41, 5.74) is 0.739. The van der Waals surface area contributed by atoms with Crippen molar-refractivity contribution in [3.63, 3.8) is 0 Å². The zero-order valence-corrected chi connectivity index (χ0v) is 20.0. The van der Waals surface area contributed by atoms with Crippen LogP contribution in [0.2, 0.25) is 0 Å². The second kappa shape index (κ2) is 10.0. The summed E-state index contributed by atoms with van der Waals surface area (Å²) in [6.45, 7) is 4.17. The Balaban J connectivity index is 1.68. The number of rotatable bonds is 8. The number of esters is 1. The van der Waals surface area contributed by atoms with E-state index in [4.69, 9.17) is 9.47 Å². The fraction of sp³-hybridized carbons (Fsp3) is 0.308. The first kappa shape index (κ1) is 24.0. The van der Waals surface area contributed by atoms with Crippen molar-refractivity contribution in [1.82, 2.24) is 20.0 Å². The maximum Gasteiger partial charge on any atom is 0.358 e. The summed E-state index contributed by atoms with van der Waals surface area (Å²) in [5, 5.41) is 7.24. The van der Waals surface area contributed by atoms with Gasteiger partial charge in [0.2, 0.25) is 5.91 Å². The molecule has 0 radical (unpaired) electrons. The van der Waals surface area contributed by atoms with E-state index < -0.39 is 17.4 Å². The van der Waals surface area contributed by atoms with Crippen LogP contribution in [0.15, 0.2) is 60.7 Å². The zero-order valence-electron chi connectivity index (χ0n) is 20.0. The van der Waals surface area contributed by atoms with E-state index in [2.05, 4.69) is 10.4 Å². The number of hydrogen-bond acceptors (Lipinski definition) is 6. The maximum absolute atomic E-state index is 13.7. The average Bonchev–Trinajstić information content (AvgIpc) is 3.30. The van der Waals surface area contributed by atoms with Crippen LogP contribution >= 0.6 is 0 Å². The van der Waals surface area contributed by atoms with Crippen molar-refractivity contribution < 1.29 is 23.9 Å². The number of nitrogens with zero attached hydrogens (tertiary/aromatic N) is 3. The molecular formula is C26H28N4O5. The molecule has 0 spiro atoms. The highest BCUT2D eigenvalue weighted by Gasteiger charge is 2.48. The highest BCUT2D eigenvalue weighted by atomic mass is 16.5. The summed E-state index contributed by atoms with van der Waals surface area (Å²) < 4.78 is 11.8. The van der Waals surface area contributed by atoms with E-state index in [-0.39, 0.29) is 37.0 Å². The van der Waals surface area contributed by atoms with Crippen LogP contribution in [0.5, 0.6) is 5.75 Å². The molecule has 1 aliphatic rings. The third-order valence-electron chi connectivity index (χ3n) is 6.04. The van der Waals surface area contributed by atoms with Crippen molar-refractivity contribution in [3.8, 4) is 5.75 Å². The van der Waals surface area contributed by atoms with Crippen molar-refractivity contribution in [2.75, 3.05) is 13.7 Å². The molecule has 0 aliphatic carbocycles. The minimum Gasteiger partial charge on any atom is -0.497 e. The summed E-state index contributed by atoms with van der Waals surface area (Å²) >= 11 is 0. The van der Waals surface area contributed by atoms with Gasteiger partial charge in [0.1, 0.15) is 17.0 Å². The maximum atomic E-state index is 13.7. The van der Waals surface area contributed by atoms with Crippen LogP contribution in [0, 0.1) is 0 Å². The van der Waals surface area contributed by atoms with E-state index in [1.54, 1.807) is 21.0 Å². The molecular weight excluding hydrogens is 448 g/mol. The Kier molecular flexibility index (Phi) is 6.86. The standard InChI is InChI=1S/C26H28N4O5/c1-4-35-24(32)21-14-22-23(31)29(16-19-11-8-12-20(13-19)34-3)26(2,17-30(22)28-21)25(33)27-15-18-9-6-5-7-10-18/h5-14H,4,15-17H2,1-3H3,(H,27,33). The monoisotopic (exact) mass is 476 g/mol. The summed E-state index contributed by atoms with van der Waals surface area (Å²) in [6.07, 6.45) is 0. The number of ether oxygens (including phenoxy) is 2. The van der Waals surface area contributed by atoms with Gasteiger partial charge < -0.3 is 19.7 Å². The van der Waals surface area contributed by atoms with Gasteiger partial charge in [-0.25, -0.2) is 4.79 Å². The smallest absolute Gasteiger partial charge is 0.358 e. The van der Waals surface area contributed by atoms with Crippen molar-refractivity contribution in [3.05, 3.63) is 83.2 Å². The number of carbonyl (C=O) groups is 3. The minimum absolute atomic E-state index is 0.0328. The van der Waals surface area contributed by atoms with E-state index >= 15 is 0 Å². The number of nitrogens with one attached hydrogen (secondary N) is 1. The van der Waals surface area contributed by atoms with Crippen LogP contribution in [0.25, 0.3) is 0 Å². The number of fused-ring (bicyclic) bond motifs is 1. The molecule has 1 atom stereocenters. The average molecular weight is 477 g/mol. The van der Waals surface area contributed by atoms with Crippen LogP contribution in [0.4, 0.5) is 0 Å². The highest BCUT2D eigenvalue weighted by Crippen LogP contribution is 2.30. The molecule has 35 heavy (non-hydrogen) atoms. The van der Waals surface area contributed by atoms with Crippen LogP contribution in [0.1, 0.15) is 46.0 Å². The van der Waals surface area contributed by atoms with Gasteiger partial charge in [0.15, 0.2) is 5.69 Å². The summed E-state index contributed by atoms with van der Waals surface area (Å²) in [4.78, 5) is 41.0. The Hall–Kier alpha value is -4.14. The number of amides is 2. The molecule has 9 heteroatoms. The van der Waals surface area contributed by atoms with Gasteiger partial charge in [-0.1, -0.05) is 42.5 Å². The Morgan fingerprint density at radius 3 is 2.54 bits per heavy atom. The minimum atomic E-state index is -1.26. The number of aromatic nitrogens is 2. The summed E-state index contributed by atoms with van der Waals surface area (Å²) in [6, 6.07) is 18.3. The summed E-state index contributed by atoms with van der Waals surface area (Å²) in [7, 11) is 1.57. The first-order valence-corrected chi connectivity index (χ1v) is 11.4. The van der Waals surface area contributed by atoms with Gasteiger partial charge in [-0.3, -0.25) is 14.3 Å². The number of hydrogen-bond donors (Lipinski definition) is 1. The Morgan fingerprint density at radius 1 is 1.09 bits per heavy atom. The zero-order chi connectivity index (χ0) is 25.0. The van der Waals surface area contributed by atoms with Gasteiger partial charge in [0, 0.05) is 19.2 Å². The fourth-order valence-corrected chi connectivity index (χ4v) is 4.12. The largest absolute Gasteiger partial charge is 0.497 e. The molecule has 182 valence electrons. The van der Waals surface area contributed by atoms with Crippen LogP contribution in [-0.2, 0) is 29.2 Å². The van der Waals surface area contributed by atoms with Crippen molar-refractivity contribution in [2.45, 2.75) is 39.0 Å². The molecule has 1 N–H and O–H groups in total. The van der Waals surface area contributed by atoms with Crippen LogP contribution < -0.4 is 10.1 Å². The molecule has 9 nitrogen and oxygen atoms in total. The first-order valence-electron chi connectivity index (χ1n) is 11.4. The lowest BCUT2D eigenvalue weighted by Crippen LogP contribution is -2.63. The quantitative estimate of drug-likeness (QED) is 0.502. The normalized spacial score (nSPS) is 17.0. The van der Waals surface area contributed by atoms with Gasteiger partial charge in [0.05, 0.1) is 20.3 Å². The van der Waals surface area contributed by atoms with E-state index in [1.807, 2.05) is 54.6 Å². The van der Waals surface area contributed by atoms with Gasteiger partial charge in [-0.15, -0.1) is 0 Å². The molecule has 0 fully saturated rings. The topological polar surface area (TPSA) is 103 Å². The van der Waals surface area contributed by atoms with Crippen LogP contribution in [-0.4, -0.2) is 51.7 Å². The van der Waals surface area contributed by atoms with Gasteiger partial charge in [0.25, 0.3) is 5.91 Å². The predicted molar refractivity (Wildman–Crippen MR) is 128 cm³/mol. The Bertz CT molecular complexity index is 1240. The molecule has 4 rings (SSSR count). The Morgan fingerprint density at radius 2 is 1.83 bits per heavy atom. The number of benzene rings is 2.